The lowest BCUT2D eigenvalue weighted by Gasteiger charge is -2.29. The standard InChI is InChI=1S/C19H25N3O2S/c1-15-8-12-22(13-9-15)25(23,24)17-5-6-18-16(14-17)4-7-19(20-18)21-10-2-3-11-21/h4-7,14-15H,2-3,8-13H2,1H3. The van der Waals surface area contributed by atoms with E-state index in [4.69, 9.17) is 4.98 Å². The maximum atomic E-state index is 12.9. The number of hydrogen-bond donors (Lipinski definition) is 0. The molecule has 0 radical (unpaired) electrons. The van der Waals surface area contributed by atoms with Crippen molar-refractivity contribution in [3.63, 3.8) is 0 Å². The van der Waals surface area contributed by atoms with Crippen molar-refractivity contribution in [3.05, 3.63) is 30.3 Å². The van der Waals surface area contributed by atoms with Gasteiger partial charge >= 0.3 is 0 Å². The molecule has 2 fully saturated rings. The van der Waals surface area contributed by atoms with Crippen molar-refractivity contribution >= 4 is 26.7 Å². The van der Waals surface area contributed by atoms with Gasteiger partial charge in [0.05, 0.1) is 10.4 Å². The zero-order chi connectivity index (χ0) is 17.4. The van der Waals surface area contributed by atoms with Crippen molar-refractivity contribution in [2.75, 3.05) is 31.1 Å². The molecule has 0 spiro atoms. The van der Waals surface area contributed by atoms with Gasteiger partial charge in [-0.25, -0.2) is 13.4 Å². The third-order valence-electron chi connectivity index (χ3n) is 5.46. The van der Waals surface area contributed by atoms with Gasteiger partial charge in [-0.3, -0.25) is 0 Å². The molecule has 3 heterocycles. The van der Waals surface area contributed by atoms with Crippen molar-refractivity contribution < 1.29 is 8.42 Å². The predicted octanol–water partition coefficient (Wildman–Crippen LogP) is 3.26. The predicted molar refractivity (Wildman–Crippen MR) is 100 cm³/mol. The second kappa shape index (κ2) is 6.57. The van der Waals surface area contributed by atoms with Crippen LogP contribution in [0.15, 0.2) is 35.2 Å². The van der Waals surface area contributed by atoms with E-state index < -0.39 is 10.0 Å². The van der Waals surface area contributed by atoms with E-state index in [-0.39, 0.29) is 0 Å². The Hall–Kier alpha value is -1.66. The van der Waals surface area contributed by atoms with Gasteiger partial charge in [-0.05, 0) is 61.9 Å². The van der Waals surface area contributed by atoms with Crippen LogP contribution in [-0.4, -0.2) is 43.9 Å². The average molecular weight is 359 g/mol. The van der Waals surface area contributed by atoms with Crippen molar-refractivity contribution in [2.45, 2.75) is 37.5 Å². The van der Waals surface area contributed by atoms with Crippen LogP contribution in [0.4, 0.5) is 5.82 Å². The van der Waals surface area contributed by atoms with Crippen molar-refractivity contribution in [1.29, 1.82) is 0 Å². The van der Waals surface area contributed by atoms with Gasteiger partial charge in [0.15, 0.2) is 0 Å². The van der Waals surface area contributed by atoms with Crippen LogP contribution in [0.2, 0.25) is 0 Å². The lowest BCUT2D eigenvalue weighted by atomic mass is 10.0. The van der Waals surface area contributed by atoms with Crippen molar-refractivity contribution in [2.24, 2.45) is 5.92 Å². The largest absolute Gasteiger partial charge is 0.357 e. The first-order chi connectivity index (χ1) is 12.0. The molecule has 6 heteroatoms. The molecule has 0 amide bonds. The first-order valence-corrected chi connectivity index (χ1v) is 10.6. The molecule has 0 bridgehead atoms. The summed E-state index contributed by atoms with van der Waals surface area (Å²) in [5.74, 6) is 1.60. The van der Waals surface area contributed by atoms with Crippen LogP contribution in [0, 0.1) is 5.92 Å². The van der Waals surface area contributed by atoms with Gasteiger partial charge in [0.25, 0.3) is 0 Å². The molecule has 2 aliphatic rings. The van der Waals surface area contributed by atoms with E-state index in [1.54, 1.807) is 16.4 Å². The van der Waals surface area contributed by atoms with E-state index >= 15 is 0 Å². The molecule has 0 aliphatic carbocycles. The Morgan fingerprint density at radius 1 is 1.00 bits per heavy atom. The first-order valence-electron chi connectivity index (χ1n) is 9.20. The summed E-state index contributed by atoms with van der Waals surface area (Å²) >= 11 is 0. The highest BCUT2D eigenvalue weighted by molar-refractivity contribution is 7.89. The highest BCUT2D eigenvalue weighted by Crippen LogP contribution is 2.27. The van der Waals surface area contributed by atoms with Crippen LogP contribution in [0.3, 0.4) is 0 Å². The topological polar surface area (TPSA) is 53.5 Å². The monoisotopic (exact) mass is 359 g/mol. The van der Waals surface area contributed by atoms with Crippen LogP contribution in [0.5, 0.6) is 0 Å². The van der Waals surface area contributed by atoms with Crippen LogP contribution >= 0.6 is 0 Å². The van der Waals surface area contributed by atoms with Crippen molar-refractivity contribution in [3.8, 4) is 0 Å². The quantitative estimate of drug-likeness (QED) is 0.844. The Morgan fingerprint density at radius 2 is 1.72 bits per heavy atom. The molecule has 25 heavy (non-hydrogen) atoms. The van der Waals surface area contributed by atoms with Gasteiger partial charge in [0, 0.05) is 31.6 Å². The normalized spacial score (nSPS) is 20.4. The number of hydrogen-bond acceptors (Lipinski definition) is 4. The van der Waals surface area contributed by atoms with E-state index in [9.17, 15) is 8.42 Å². The Bertz CT molecular complexity index is 867. The summed E-state index contributed by atoms with van der Waals surface area (Å²) < 4.78 is 27.4. The zero-order valence-corrected chi connectivity index (χ0v) is 15.5. The van der Waals surface area contributed by atoms with Crippen molar-refractivity contribution in [1.82, 2.24) is 9.29 Å². The number of pyridine rings is 1. The lowest BCUT2D eigenvalue weighted by Crippen LogP contribution is -2.37. The van der Waals surface area contributed by atoms with E-state index in [1.165, 1.54) is 12.8 Å². The first kappa shape index (κ1) is 16.8. The number of fused-ring (bicyclic) bond motifs is 1. The minimum Gasteiger partial charge on any atom is -0.357 e. The number of benzene rings is 1. The maximum Gasteiger partial charge on any atom is 0.243 e. The van der Waals surface area contributed by atoms with E-state index in [2.05, 4.69) is 11.8 Å². The molecular weight excluding hydrogens is 334 g/mol. The SMILES string of the molecule is CC1CCN(S(=O)(=O)c2ccc3nc(N4CCCC4)ccc3c2)CC1. The summed E-state index contributed by atoms with van der Waals surface area (Å²) in [5.41, 5.74) is 0.857. The molecule has 1 aromatic heterocycles. The Morgan fingerprint density at radius 3 is 2.44 bits per heavy atom. The minimum atomic E-state index is -3.41. The number of rotatable bonds is 3. The molecule has 5 nitrogen and oxygen atoms in total. The molecule has 0 N–H and O–H groups in total. The Labute approximate surface area is 149 Å². The van der Waals surface area contributed by atoms with Crippen LogP contribution in [0.25, 0.3) is 10.9 Å². The number of sulfonamides is 1. The molecule has 134 valence electrons. The molecule has 0 atom stereocenters. The van der Waals surface area contributed by atoms with Gasteiger partial charge < -0.3 is 4.90 Å². The van der Waals surface area contributed by atoms with E-state index in [0.717, 1.165) is 42.7 Å². The van der Waals surface area contributed by atoms with Gasteiger partial charge in [-0.1, -0.05) is 6.92 Å². The lowest BCUT2D eigenvalue weighted by molar-refractivity contribution is 0.288. The van der Waals surface area contributed by atoms with Gasteiger partial charge in [0.1, 0.15) is 5.82 Å². The molecule has 1 aromatic carbocycles. The molecular formula is C19H25N3O2S. The summed E-state index contributed by atoms with van der Waals surface area (Å²) in [6.07, 6.45) is 4.30. The van der Waals surface area contributed by atoms with Gasteiger partial charge in [-0.2, -0.15) is 4.31 Å². The Kier molecular flexibility index (Phi) is 4.41. The fourth-order valence-corrected chi connectivity index (χ4v) is 5.26. The number of nitrogens with zero attached hydrogens (tertiary/aromatic N) is 3. The summed E-state index contributed by atoms with van der Waals surface area (Å²) in [6, 6.07) is 9.31. The number of anilines is 1. The fourth-order valence-electron chi connectivity index (χ4n) is 3.75. The van der Waals surface area contributed by atoms with E-state index in [0.29, 0.717) is 23.9 Å². The van der Waals surface area contributed by atoms with Gasteiger partial charge in [0.2, 0.25) is 10.0 Å². The molecule has 2 aromatic rings. The minimum absolute atomic E-state index is 0.380. The third kappa shape index (κ3) is 3.25. The Balaban J connectivity index is 1.63. The summed E-state index contributed by atoms with van der Waals surface area (Å²) in [7, 11) is -3.41. The molecule has 0 unspecified atom stereocenters. The molecule has 0 saturated carbocycles. The fraction of sp³-hybridized carbons (Fsp3) is 0.526. The van der Waals surface area contributed by atoms with Crippen LogP contribution in [0.1, 0.15) is 32.6 Å². The third-order valence-corrected chi connectivity index (χ3v) is 7.35. The molecule has 2 saturated heterocycles. The summed E-state index contributed by atoms with van der Waals surface area (Å²) in [6.45, 7) is 5.53. The smallest absolute Gasteiger partial charge is 0.243 e. The zero-order valence-electron chi connectivity index (χ0n) is 14.7. The van der Waals surface area contributed by atoms with Gasteiger partial charge in [-0.15, -0.1) is 0 Å². The highest BCUT2D eigenvalue weighted by atomic mass is 32.2. The molecule has 2 aliphatic heterocycles. The second-order valence-electron chi connectivity index (χ2n) is 7.30. The van der Waals surface area contributed by atoms with Crippen LogP contribution in [-0.2, 0) is 10.0 Å². The summed E-state index contributed by atoms with van der Waals surface area (Å²) in [5, 5.41) is 0.884. The number of aromatic nitrogens is 1. The van der Waals surface area contributed by atoms with Crippen LogP contribution < -0.4 is 4.90 Å². The summed E-state index contributed by atoms with van der Waals surface area (Å²) in [4.78, 5) is 7.39. The maximum absolute atomic E-state index is 12.9. The highest BCUT2D eigenvalue weighted by Gasteiger charge is 2.28. The van der Waals surface area contributed by atoms with E-state index in [1.807, 2.05) is 18.2 Å². The average Bonchev–Trinajstić information content (AvgIpc) is 3.16. The second-order valence-corrected chi connectivity index (χ2v) is 9.24. The number of piperidine rings is 1. The molecule has 4 rings (SSSR count).